The molecule has 0 aromatic carbocycles. The van der Waals surface area contributed by atoms with Crippen LogP contribution in [0.1, 0.15) is 25.7 Å². The summed E-state index contributed by atoms with van der Waals surface area (Å²) in [6, 6.07) is 0.193. The second-order valence-electron chi connectivity index (χ2n) is 3.44. The highest BCUT2D eigenvalue weighted by molar-refractivity contribution is 5.80. The number of nitrogens with two attached hydrogens (primary N) is 1. The van der Waals surface area contributed by atoms with E-state index in [4.69, 9.17) is 15.5 Å². The average molecular weight is 227 g/mol. The van der Waals surface area contributed by atoms with E-state index in [0.717, 1.165) is 13.0 Å². The fraction of sp³-hybridized carbons (Fsp3) is 0.667. The molecule has 0 radical (unpaired) electrons. The summed E-state index contributed by atoms with van der Waals surface area (Å²) >= 11 is 0. The van der Waals surface area contributed by atoms with Gasteiger partial charge in [-0.1, -0.05) is 17.2 Å². The predicted molar refractivity (Wildman–Crippen MR) is 58.1 cm³/mol. The molecule has 0 bridgehead atoms. The second kappa shape index (κ2) is 6.78. The van der Waals surface area contributed by atoms with Crippen LogP contribution in [0.5, 0.6) is 0 Å². The third-order valence-electron chi connectivity index (χ3n) is 2.26. The molecule has 1 rings (SSSR count). The van der Waals surface area contributed by atoms with Gasteiger partial charge < -0.3 is 20.8 Å². The Bertz CT molecular complexity index is 312. The van der Waals surface area contributed by atoms with Crippen LogP contribution in [-0.2, 0) is 6.42 Å². The molecule has 0 spiro atoms. The zero-order valence-corrected chi connectivity index (χ0v) is 9.26. The Morgan fingerprint density at radius 2 is 2.56 bits per heavy atom. The molecular formula is C9H17N5O2. The van der Waals surface area contributed by atoms with Crippen LogP contribution in [0.4, 0.5) is 0 Å². The third kappa shape index (κ3) is 4.26. The number of nitrogens with one attached hydrogen (secondary N) is 1. The number of rotatable bonds is 7. The number of nitrogens with zero attached hydrogens (tertiary/aromatic N) is 3. The van der Waals surface area contributed by atoms with Crippen molar-refractivity contribution in [1.82, 2.24) is 15.5 Å². The topological polar surface area (TPSA) is 110 Å². The fourth-order valence-electron chi connectivity index (χ4n) is 1.34. The van der Waals surface area contributed by atoms with Gasteiger partial charge in [0.25, 0.3) is 0 Å². The van der Waals surface area contributed by atoms with Crippen LogP contribution in [-0.4, -0.2) is 33.8 Å². The lowest BCUT2D eigenvalue weighted by atomic mass is 10.1. The normalized spacial score (nSPS) is 13.9. The Kier molecular flexibility index (Phi) is 5.27. The highest BCUT2D eigenvalue weighted by Gasteiger charge is 2.08. The van der Waals surface area contributed by atoms with Crippen LogP contribution in [0.15, 0.2) is 16.0 Å². The van der Waals surface area contributed by atoms with Crippen molar-refractivity contribution < 1.29 is 9.73 Å². The molecule has 0 amide bonds. The lowest BCUT2D eigenvalue weighted by Gasteiger charge is -2.15. The molecule has 1 aromatic heterocycles. The third-order valence-corrected chi connectivity index (χ3v) is 2.26. The van der Waals surface area contributed by atoms with Gasteiger partial charge in [0.2, 0.25) is 5.89 Å². The monoisotopic (exact) mass is 227 g/mol. The first-order valence-corrected chi connectivity index (χ1v) is 5.21. The Hall–Kier alpha value is -1.63. The van der Waals surface area contributed by atoms with Gasteiger partial charge in [0.1, 0.15) is 5.84 Å². The van der Waals surface area contributed by atoms with Crippen molar-refractivity contribution in [3.8, 4) is 0 Å². The summed E-state index contributed by atoms with van der Waals surface area (Å²) in [6.07, 6.45) is 3.48. The van der Waals surface area contributed by atoms with Crippen molar-refractivity contribution in [1.29, 1.82) is 0 Å². The van der Waals surface area contributed by atoms with Crippen molar-refractivity contribution in [3.05, 3.63) is 12.2 Å². The summed E-state index contributed by atoms with van der Waals surface area (Å²) in [5.41, 5.74) is 5.43. The van der Waals surface area contributed by atoms with Crippen molar-refractivity contribution in [3.63, 3.8) is 0 Å². The van der Waals surface area contributed by atoms with Crippen LogP contribution >= 0.6 is 0 Å². The molecule has 1 heterocycles. The van der Waals surface area contributed by atoms with E-state index in [2.05, 4.69) is 20.6 Å². The maximum atomic E-state index is 8.46. The van der Waals surface area contributed by atoms with Gasteiger partial charge in [0, 0.05) is 25.4 Å². The van der Waals surface area contributed by atoms with E-state index in [1.165, 1.54) is 6.33 Å². The first-order valence-electron chi connectivity index (χ1n) is 5.21. The zero-order valence-electron chi connectivity index (χ0n) is 9.26. The van der Waals surface area contributed by atoms with Crippen molar-refractivity contribution in [2.45, 2.75) is 32.2 Å². The molecule has 0 aliphatic carbocycles. The van der Waals surface area contributed by atoms with Crippen LogP contribution in [0.3, 0.4) is 0 Å². The standard InChI is InChI=1S/C9H17N5O2/c1-2-7(5-8(10)14-15)11-4-3-9-12-6-13-16-9/h6-7,11,15H,2-5H2,1H3,(H2,10,14). The van der Waals surface area contributed by atoms with Crippen molar-refractivity contribution in [2.75, 3.05) is 6.54 Å². The van der Waals surface area contributed by atoms with E-state index in [0.29, 0.717) is 18.7 Å². The summed E-state index contributed by atoms with van der Waals surface area (Å²) in [4.78, 5) is 3.91. The fourth-order valence-corrected chi connectivity index (χ4v) is 1.34. The molecule has 1 aromatic rings. The molecule has 0 saturated heterocycles. The molecular weight excluding hydrogens is 210 g/mol. The van der Waals surface area contributed by atoms with E-state index in [1.807, 2.05) is 6.92 Å². The van der Waals surface area contributed by atoms with Gasteiger partial charge in [-0.25, -0.2) is 0 Å². The number of oxime groups is 1. The molecule has 0 aliphatic heterocycles. The van der Waals surface area contributed by atoms with E-state index < -0.39 is 0 Å². The van der Waals surface area contributed by atoms with Crippen LogP contribution in [0, 0.1) is 0 Å². The number of hydrogen-bond acceptors (Lipinski definition) is 6. The van der Waals surface area contributed by atoms with Gasteiger partial charge in [0.15, 0.2) is 6.33 Å². The summed E-state index contributed by atoms with van der Waals surface area (Å²) in [5.74, 6) is 0.836. The maximum absolute atomic E-state index is 8.46. The van der Waals surface area contributed by atoms with Crippen LogP contribution in [0.2, 0.25) is 0 Å². The Balaban J connectivity index is 2.23. The molecule has 0 aliphatic rings. The first-order chi connectivity index (χ1) is 7.76. The minimum absolute atomic E-state index is 0.193. The summed E-state index contributed by atoms with van der Waals surface area (Å²) in [6.45, 7) is 2.76. The van der Waals surface area contributed by atoms with Gasteiger partial charge in [-0.05, 0) is 6.42 Å². The van der Waals surface area contributed by atoms with Gasteiger partial charge in [-0.3, -0.25) is 0 Å². The number of hydrogen-bond donors (Lipinski definition) is 3. The highest BCUT2D eigenvalue weighted by Crippen LogP contribution is 1.98. The van der Waals surface area contributed by atoms with E-state index >= 15 is 0 Å². The molecule has 0 fully saturated rings. The minimum Gasteiger partial charge on any atom is -0.409 e. The van der Waals surface area contributed by atoms with Gasteiger partial charge >= 0.3 is 0 Å². The Labute approximate surface area is 93.7 Å². The largest absolute Gasteiger partial charge is 0.409 e. The summed E-state index contributed by atoms with van der Waals surface area (Å²) < 4.78 is 4.86. The smallest absolute Gasteiger partial charge is 0.227 e. The maximum Gasteiger partial charge on any atom is 0.227 e. The highest BCUT2D eigenvalue weighted by atomic mass is 16.5. The minimum atomic E-state index is 0.193. The van der Waals surface area contributed by atoms with E-state index in [1.54, 1.807) is 0 Å². The van der Waals surface area contributed by atoms with Gasteiger partial charge in [0.05, 0.1) is 0 Å². The summed E-state index contributed by atoms with van der Waals surface area (Å²) in [5, 5.41) is 18.2. The summed E-state index contributed by atoms with van der Waals surface area (Å²) in [7, 11) is 0. The molecule has 1 atom stereocenters. The molecule has 90 valence electrons. The Morgan fingerprint density at radius 1 is 1.75 bits per heavy atom. The lowest BCUT2D eigenvalue weighted by Crippen LogP contribution is -2.34. The molecule has 16 heavy (non-hydrogen) atoms. The van der Waals surface area contributed by atoms with Crippen LogP contribution in [0.25, 0.3) is 0 Å². The van der Waals surface area contributed by atoms with Gasteiger partial charge in [-0.15, -0.1) is 0 Å². The second-order valence-corrected chi connectivity index (χ2v) is 3.44. The quantitative estimate of drug-likeness (QED) is 0.264. The Morgan fingerprint density at radius 3 is 3.12 bits per heavy atom. The zero-order chi connectivity index (χ0) is 11.8. The van der Waals surface area contributed by atoms with E-state index in [-0.39, 0.29) is 11.9 Å². The number of amidine groups is 1. The molecule has 4 N–H and O–H groups in total. The first kappa shape index (κ1) is 12.4. The van der Waals surface area contributed by atoms with E-state index in [9.17, 15) is 0 Å². The van der Waals surface area contributed by atoms with Crippen molar-refractivity contribution >= 4 is 5.84 Å². The SMILES string of the molecule is CCC(CC(N)=NO)NCCc1ncno1. The van der Waals surface area contributed by atoms with Crippen LogP contribution < -0.4 is 11.1 Å². The number of aromatic nitrogens is 2. The molecule has 7 heteroatoms. The molecule has 0 saturated carbocycles. The lowest BCUT2D eigenvalue weighted by molar-refractivity contribution is 0.315. The average Bonchev–Trinajstić information content (AvgIpc) is 2.80. The predicted octanol–water partition coefficient (Wildman–Crippen LogP) is 0.117. The molecule has 7 nitrogen and oxygen atoms in total. The molecule has 1 unspecified atom stereocenters. The van der Waals surface area contributed by atoms with Crippen molar-refractivity contribution in [2.24, 2.45) is 10.9 Å². The van der Waals surface area contributed by atoms with Gasteiger partial charge in [-0.2, -0.15) is 4.98 Å².